The average Bonchev–Trinajstić information content (AvgIpc) is 2.41. The SMILES string of the molecule is CC1SCCN(C(=O)Nc2cc(Cl)cc(C(=O)O)c2)C1C. The molecule has 1 fully saturated rings. The second-order valence-corrected chi connectivity index (χ2v) is 6.90. The summed E-state index contributed by atoms with van der Waals surface area (Å²) in [6.07, 6.45) is 0. The van der Waals surface area contributed by atoms with Crippen molar-refractivity contribution in [1.29, 1.82) is 0 Å². The van der Waals surface area contributed by atoms with Crippen molar-refractivity contribution in [2.75, 3.05) is 17.6 Å². The number of anilines is 1. The molecule has 0 spiro atoms. The number of carboxylic acid groups (broad SMARTS) is 1. The van der Waals surface area contributed by atoms with E-state index < -0.39 is 5.97 Å². The lowest BCUT2D eigenvalue weighted by Crippen LogP contribution is -2.49. The monoisotopic (exact) mass is 328 g/mol. The van der Waals surface area contributed by atoms with E-state index >= 15 is 0 Å². The van der Waals surface area contributed by atoms with Crippen molar-refractivity contribution < 1.29 is 14.7 Å². The second-order valence-electron chi connectivity index (χ2n) is 4.97. The third-order valence-corrected chi connectivity index (χ3v) is 5.10. The predicted molar refractivity (Wildman–Crippen MR) is 85.5 cm³/mol. The lowest BCUT2D eigenvalue weighted by molar-refractivity contribution is 0.0697. The van der Waals surface area contributed by atoms with Gasteiger partial charge in [-0.3, -0.25) is 0 Å². The highest BCUT2D eigenvalue weighted by molar-refractivity contribution is 8.00. The van der Waals surface area contributed by atoms with Gasteiger partial charge in [-0.1, -0.05) is 18.5 Å². The smallest absolute Gasteiger partial charge is 0.335 e. The lowest BCUT2D eigenvalue weighted by Gasteiger charge is -2.37. The highest BCUT2D eigenvalue weighted by Crippen LogP contribution is 2.25. The second kappa shape index (κ2) is 6.58. The lowest BCUT2D eigenvalue weighted by atomic mass is 10.2. The number of carbonyl (C=O) groups is 2. The number of hydrogen-bond acceptors (Lipinski definition) is 3. The van der Waals surface area contributed by atoms with Crippen molar-refractivity contribution in [3.05, 3.63) is 28.8 Å². The molecule has 1 saturated heterocycles. The highest BCUT2D eigenvalue weighted by atomic mass is 35.5. The van der Waals surface area contributed by atoms with Gasteiger partial charge in [0.05, 0.1) is 5.56 Å². The van der Waals surface area contributed by atoms with Crippen LogP contribution >= 0.6 is 23.4 Å². The predicted octanol–water partition coefficient (Wildman–Crippen LogP) is 3.40. The number of carboxylic acids is 1. The maximum atomic E-state index is 12.3. The summed E-state index contributed by atoms with van der Waals surface area (Å²) in [6, 6.07) is 4.19. The summed E-state index contributed by atoms with van der Waals surface area (Å²) in [7, 11) is 0. The molecule has 1 heterocycles. The fourth-order valence-electron chi connectivity index (χ4n) is 2.20. The summed E-state index contributed by atoms with van der Waals surface area (Å²) in [6.45, 7) is 4.78. The fourth-order valence-corrected chi connectivity index (χ4v) is 3.53. The Labute approximate surface area is 132 Å². The molecule has 2 unspecified atom stereocenters. The maximum absolute atomic E-state index is 12.3. The Morgan fingerprint density at radius 2 is 2.10 bits per heavy atom. The number of benzene rings is 1. The van der Waals surface area contributed by atoms with Crippen molar-refractivity contribution in [3.8, 4) is 0 Å². The number of halogens is 1. The van der Waals surface area contributed by atoms with Crippen LogP contribution in [-0.2, 0) is 0 Å². The summed E-state index contributed by atoms with van der Waals surface area (Å²) in [5, 5.41) is 12.4. The molecule has 1 aliphatic rings. The Bertz CT molecular complexity index is 567. The van der Waals surface area contributed by atoms with Gasteiger partial charge in [-0.15, -0.1) is 0 Å². The van der Waals surface area contributed by atoms with Crippen LogP contribution in [0.1, 0.15) is 24.2 Å². The van der Waals surface area contributed by atoms with E-state index in [0.29, 0.717) is 17.5 Å². The van der Waals surface area contributed by atoms with Crippen molar-refractivity contribution >= 4 is 41.1 Å². The molecule has 0 aromatic heterocycles. The van der Waals surface area contributed by atoms with E-state index in [1.807, 2.05) is 18.7 Å². The van der Waals surface area contributed by atoms with Crippen LogP contribution in [0.4, 0.5) is 10.5 Å². The molecule has 0 bridgehead atoms. The molecule has 7 heteroatoms. The van der Waals surface area contributed by atoms with E-state index in [1.165, 1.54) is 12.1 Å². The first-order valence-corrected chi connectivity index (χ1v) is 8.04. The van der Waals surface area contributed by atoms with Gasteiger partial charge in [-0.05, 0) is 25.1 Å². The van der Waals surface area contributed by atoms with Gasteiger partial charge in [-0.25, -0.2) is 9.59 Å². The summed E-state index contributed by atoms with van der Waals surface area (Å²) >= 11 is 7.73. The van der Waals surface area contributed by atoms with Crippen molar-refractivity contribution in [2.45, 2.75) is 25.1 Å². The number of amides is 2. The van der Waals surface area contributed by atoms with Gasteiger partial charge in [0, 0.05) is 34.3 Å². The zero-order valence-electron chi connectivity index (χ0n) is 11.8. The molecule has 114 valence electrons. The van der Waals surface area contributed by atoms with Gasteiger partial charge in [0.25, 0.3) is 0 Å². The third kappa shape index (κ3) is 3.83. The summed E-state index contributed by atoms with van der Waals surface area (Å²) in [5.74, 6) is -0.182. The molecule has 21 heavy (non-hydrogen) atoms. The van der Waals surface area contributed by atoms with E-state index in [-0.39, 0.29) is 22.7 Å². The Morgan fingerprint density at radius 1 is 1.38 bits per heavy atom. The molecule has 0 saturated carbocycles. The minimum Gasteiger partial charge on any atom is -0.478 e. The number of nitrogens with one attached hydrogen (secondary N) is 1. The number of nitrogens with zero attached hydrogens (tertiary/aromatic N) is 1. The fraction of sp³-hybridized carbons (Fsp3) is 0.429. The maximum Gasteiger partial charge on any atom is 0.335 e. The topological polar surface area (TPSA) is 69.6 Å². The molecule has 2 amide bonds. The van der Waals surface area contributed by atoms with Gasteiger partial charge < -0.3 is 15.3 Å². The molecule has 0 aliphatic carbocycles. The van der Waals surface area contributed by atoms with Crippen LogP contribution in [0, 0.1) is 0 Å². The Kier molecular flexibility index (Phi) is 5.00. The van der Waals surface area contributed by atoms with Crippen LogP contribution in [0.25, 0.3) is 0 Å². The third-order valence-electron chi connectivity index (χ3n) is 3.54. The van der Waals surface area contributed by atoms with Gasteiger partial charge >= 0.3 is 12.0 Å². The normalized spacial score (nSPS) is 22.0. The molecule has 5 nitrogen and oxygen atoms in total. The molecular weight excluding hydrogens is 312 g/mol. The minimum absolute atomic E-state index is 0.0495. The van der Waals surface area contributed by atoms with Gasteiger partial charge in [0.15, 0.2) is 0 Å². The van der Waals surface area contributed by atoms with E-state index in [1.54, 1.807) is 11.0 Å². The number of carbonyl (C=O) groups excluding carboxylic acids is 1. The Balaban J connectivity index is 2.14. The number of urea groups is 1. The van der Waals surface area contributed by atoms with Crippen LogP contribution in [0.15, 0.2) is 18.2 Å². The van der Waals surface area contributed by atoms with Crippen LogP contribution in [0.3, 0.4) is 0 Å². The first kappa shape index (κ1) is 16.0. The first-order valence-electron chi connectivity index (χ1n) is 6.61. The standard InChI is InChI=1S/C14H17ClN2O3S/c1-8-9(2)21-4-3-17(8)14(20)16-12-6-10(13(18)19)5-11(15)7-12/h5-9H,3-4H2,1-2H3,(H,16,20)(H,18,19). The number of hydrogen-bond donors (Lipinski definition) is 2. The van der Waals surface area contributed by atoms with Crippen LogP contribution in [-0.4, -0.2) is 45.6 Å². The quantitative estimate of drug-likeness (QED) is 0.873. The van der Waals surface area contributed by atoms with Crippen LogP contribution in [0.2, 0.25) is 5.02 Å². The molecule has 0 radical (unpaired) electrons. The van der Waals surface area contributed by atoms with E-state index in [4.69, 9.17) is 16.7 Å². The molecule has 2 atom stereocenters. The largest absolute Gasteiger partial charge is 0.478 e. The van der Waals surface area contributed by atoms with Gasteiger partial charge in [0.1, 0.15) is 0 Å². The molecule has 1 aromatic rings. The van der Waals surface area contributed by atoms with Crippen molar-refractivity contribution in [2.24, 2.45) is 0 Å². The number of aromatic carboxylic acids is 1. The molecular formula is C14H17ClN2O3S. The number of rotatable bonds is 2. The zero-order valence-corrected chi connectivity index (χ0v) is 13.4. The molecule has 1 aliphatic heterocycles. The van der Waals surface area contributed by atoms with Crippen LogP contribution in [0.5, 0.6) is 0 Å². The van der Waals surface area contributed by atoms with E-state index in [0.717, 1.165) is 5.75 Å². The van der Waals surface area contributed by atoms with Crippen LogP contribution < -0.4 is 5.32 Å². The Morgan fingerprint density at radius 3 is 2.76 bits per heavy atom. The number of thioether (sulfide) groups is 1. The summed E-state index contributed by atoms with van der Waals surface area (Å²) in [4.78, 5) is 25.1. The molecule has 2 rings (SSSR count). The Hall–Kier alpha value is -1.40. The molecule has 2 N–H and O–H groups in total. The zero-order chi connectivity index (χ0) is 15.6. The first-order chi connectivity index (χ1) is 9.88. The summed E-state index contributed by atoms with van der Waals surface area (Å²) < 4.78 is 0. The van der Waals surface area contributed by atoms with Crippen molar-refractivity contribution in [3.63, 3.8) is 0 Å². The highest BCUT2D eigenvalue weighted by Gasteiger charge is 2.28. The molecule has 1 aromatic carbocycles. The summed E-state index contributed by atoms with van der Waals surface area (Å²) in [5.41, 5.74) is 0.441. The average molecular weight is 329 g/mol. The minimum atomic E-state index is -1.08. The van der Waals surface area contributed by atoms with E-state index in [2.05, 4.69) is 12.2 Å². The van der Waals surface area contributed by atoms with E-state index in [9.17, 15) is 9.59 Å². The van der Waals surface area contributed by atoms with Gasteiger partial charge in [-0.2, -0.15) is 11.8 Å². The van der Waals surface area contributed by atoms with Gasteiger partial charge in [0.2, 0.25) is 0 Å². The van der Waals surface area contributed by atoms with Crippen molar-refractivity contribution in [1.82, 2.24) is 4.90 Å².